The molecule has 0 fully saturated rings. The van der Waals surface area contributed by atoms with Crippen molar-refractivity contribution in [2.75, 3.05) is 5.73 Å². The molecule has 0 saturated heterocycles. The van der Waals surface area contributed by atoms with E-state index in [0.29, 0.717) is 17.1 Å². The molecule has 0 bridgehead atoms. The molecule has 2 aromatic heterocycles. The van der Waals surface area contributed by atoms with Gasteiger partial charge in [0.25, 0.3) is 0 Å². The van der Waals surface area contributed by atoms with Gasteiger partial charge in [0, 0.05) is 18.0 Å². The molecule has 9 nitrogen and oxygen atoms in total. The fourth-order valence-corrected chi connectivity index (χ4v) is 2.50. The average Bonchev–Trinajstić information content (AvgIpc) is 2.94. The number of primary sulfonamides is 1. The lowest BCUT2D eigenvalue weighted by molar-refractivity contribution is 0.598. The zero-order valence-electron chi connectivity index (χ0n) is 12.3. The number of pyridine rings is 1. The molecule has 0 saturated carbocycles. The van der Waals surface area contributed by atoms with Crippen molar-refractivity contribution in [3.63, 3.8) is 0 Å². The molecule has 2 heterocycles. The first kappa shape index (κ1) is 15.8. The first-order valence-corrected chi connectivity index (χ1v) is 8.28. The monoisotopic (exact) mass is 343 g/mol. The lowest BCUT2D eigenvalue weighted by Gasteiger charge is -1.99. The Hall–Kier alpha value is -3.11. The van der Waals surface area contributed by atoms with Crippen LogP contribution in [0.2, 0.25) is 0 Å². The van der Waals surface area contributed by atoms with Gasteiger partial charge in [-0.3, -0.25) is 10.1 Å². The number of H-pyrrole nitrogens is 1. The average molecular weight is 343 g/mol. The van der Waals surface area contributed by atoms with Crippen molar-refractivity contribution >= 4 is 27.2 Å². The molecule has 0 aliphatic rings. The van der Waals surface area contributed by atoms with E-state index < -0.39 is 10.0 Å². The number of azo groups is 1. The third kappa shape index (κ3) is 3.29. The highest BCUT2D eigenvalue weighted by molar-refractivity contribution is 7.89. The Morgan fingerprint density at radius 1 is 1.00 bits per heavy atom. The SMILES string of the molecule is Nc1n[nH]c(-c2ccncc2)c1N=Nc1ccc(S(N)(=O)=O)cc1. The Kier molecular flexibility index (Phi) is 4.06. The molecule has 0 atom stereocenters. The fourth-order valence-electron chi connectivity index (χ4n) is 1.98. The number of nitrogens with zero attached hydrogens (tertiary/aromatic N) is 4. The molecule has 0 spiro atoms. The summed E-state index contributed by atoms with van der Waals surface area (Å²) in [5.74, 6) is 0.201. The Morgan fingerprint density at radius 2 is 1.67 bits per heavy atom. The van der Waals surface area contributed by atoms with Crippen molar-refractivity contribution in [1.82, 2.24) is 15.2 Å². The molecule has 122 valence electrons. The number of rotatable bonds is 4. The largest absolute Gasteiger partial charge is 0.380 e. The topological polar surface area (TPSA) is 152 Å². The van der Waals surface area contributed by atoms with E-state index in [1.54, 1.807) is 24.5 Å². The van der Waals surface area contributed by atoms with Crippen molar-refractivity contribution in [2.45, 2.75) is 4.90 Å². The summed E-state index contributed by atoms with van der Waals surface area (Å²) < 4.78 is 22.4. The van der Waals surface area contributed by atoms with Crippen LogP contribution in [0.5, 0.6) is 0 Å². The number of sulfonamides is 1. The Labute approximate surface area is 137 Å². The standard InChI is InChI=1S/C14H13N7O2S/c15-14-13(12(19-21-14)9-5-7-17-8-6-9)20-18-10-1-3-11(4-2-10)24(16,22)23/h1-8H,(H3,15,19,21)(H2,16,22,23). The van der Waals surface area contributed by atoms with Gasteiger partial charge in [-0.25, -0.2) is 13.6 Å². The summed E-state index contributed by atoms with van der Waals surface area (Å²) in [7, 11) is -3.74. The minimum Gasteiger partial charge on any atom is -0.380 e. The zero-order chi connectivity index (χ0) is 17.2. The summed E-state index contributed by atoms with van der Waals surface area (Å²) in [6, 6.07) is 9.26. The zero-order valence-corrected chi connectivity index (χ0v) is 13.1. The number of anilines is 1. The third-order valence-electron chi connectivity index (χ3n) is 3.17. The smallest absolute Gasteiger partial charge is 0.238 e. The van der Waals surface area contributed by atoms with Crippen molar-refractivity contribution in [1.29, 1.82) is 0 Å². The van der Waals surface area contributed by atoms with Gasteiger partial charge in [0.05, 0.1) is 16.3 Å². The molecule has 10 heteroatoms. The number of nitrogens with one attached hydrogen (secondary N) is 1. The van der Waals surface area contributed by atoms with Crippen LogP contribution >= 0.6 is 0 Å². The molecule has 0 amide bonds. The van der Waals surface area contributed by atoms with Gasteiger partial charge in [-0.05, 0) is 36.4 Å². The van der Waals surface area contributed by atoms with E-state index in [9.17, 15) is 8.42 Å². The summed E-state index contributed by atoms with van der Waals surface area (Å²) in [5.41, 5.74) is 8.07. The van der Waals surface area contributed by atoms with E-state index in [1.165, 1.54) is 24.3 Å². The highest BCUT2D eigenvalue weighted by atomic mass is 32.2. The summed E-state index contributed by atoms with van der Waals surface area (Å²) in [6.45, 7) is 0. The minimum absolute atomic E-state index is 0.00162. The number of hydrogen-bond acceptors (Lipinski definition) is 7. The summed E-state index contributed by atoms with van der Waals surface area (Å²) in [5, 5.41) is 19.9. The molecular weight excluding hydrogens is 330 g/mol. The normalized spacial score (nSPS) is 11.9. The van der Waals surface area contributed by atoms with Gasteiger partial charge in [0.2, 0.25) is 10.0 Å². The fraction of sp³-hybridized carbons (Fsp3) is 0. The molecule has 5 N–H and O–H groups in total. The van der Waals surface area contributed by atoms with Gasteiger partial charge in [0.15, 0.2) is 11.5 Å². The van der Waals surface area contributed by atoms with E-state index in [2.05, 4.69) is 25.4 Å². The lowest BCUT2D eigenvalue weighted by Crippen LogP contribution is -2.11. The lowest BCUT2D eigenvalue weighted by atomic mass is 10.2. The summed E-state index contributed by atoms with van der Waals surface area (Å²) in [6.07, 6.45) is 3.28. The Balaban J connectivity index is 1.92. The molecule has 3 rings (SSSR count). The summed E-state index contributed by atoms with van der Waals surface area (Å²) >= 11 is 0. The van der Waals surface area contributed by atoms with Crippen LogP contribution in [-0.4, -0.2) is 23.6 Å². The third-order valence-corrected chi connectivity index (χ3v) is 4.10. The molecule has 24 heavy (non-hydrogen) atoms. The van der Waals surface area contributed by atoms with Gasteiger partial charge in [-0.15, -0.1) is 5.11 Å². The second-order valence-corrected chi connectivity index (χ2v) is 6.37. The van der Waals surface area contributed by atoms with Crippen LogP contribution in [0.25, 0.3) is 11.3 Å². The predicted octanol–water partition coefficient (Wildman–Crippen LogP) is 2.12. The Morgan fingerprint density at radius 3 is 2.29 bits per heavy atom. The van der Waals surface area contributed by atoms with E-state index in [4.69, 9.17) is 10.9 Å². The van der Waals surface area contributed by atoms with Gasteiger partial charge in [0.1, 0.15) is 0 Å². The molecule has 1 aromatic carbocycles. The highest BCUT2D eigenvalue weighted by Crippen LogP contribution is 2.33. The second-order valence-electron chi connectivity index (χ2n) is 4.81. The predicted molar refractivity (Wildman–Crippen MR) is 88.2 cm³/mol. The van der Waals surface area contributed by atoms with Crippen LogP contribution in [0.4, 0.5) is 17.2 Å². The van der Waals surface area contributed by atoms with E-state index in [0.717, 1.165) is 5.56 Å². The van der Waals surface area contributed by atoms with Gasteiger partial charge >= 0.3 is 0 Å². The quantitative estimate of drug-likeness (QED) is 0.619. The van der Waals surface area contributed by atoms with Crippen molar-refractivity contribution in [3.05, 3.63) is 48.8 Å². The second kappa shape index (κ2) is 6.18. The van der Waals surface area contributed by atoms with E-state index in [-0.39, 0.29) is 10.7 Å². The molecule has 0 unspecified atom stereocenters. The number of nitrogens with two attached hydrogens (primary N) is 2. The minimum atomic E-state index is -3.74. The number of aromatic nitrogens is 3. The van der Waals surface area contributed by atoms with E-state index >= 15 is 0 Å². The van der Waals surface area contributed by atoms with Crippen molar-refractivity contribution in [2.24, 2.45) is 15.4 Å². The van der Waals surface area contributed by atoms with Gasteiger partial charge in [-0.1, -0.05) is 0 Å². The maximum atomic E-state index is 11.2. The first-order chi connectivity index (χ1) is 11.4. The Bertz CT molecular complexity index is 980. The molecule has 0 aliphatic heterocycles. The maximum absolute atomic E-state index is 11.2. The van der Waals surface area contributed by atoms with Crippen LogP contribution in [0.15, 0.2) is 63.9 Å². The highest BCUT2D eigenvalue weighted by Gasteiger charge is 2.12. The number of aromatic amines is 1. The van der Waals surface area contributed by atoms with Gasteiger partial charge in [-0.2, -0.15) is 10.2 Å². The van der Waals surface area contributed by atoms with Crippen LogP contribution in [0.1, 0.15) is 0 Å². The number of benzene rings is 1. The van der Waals surface area contributed by atoms with Crippen molar-refractivity contribution < 1.29 is 8.42 Å². The number of hydrogen-bond donors (Lipinski definition) is 3. The first-order valence-electron chi connectivity index (χ1n) is 6.74. The van der Waals surface area contributed by atoms with E-state index in [1.807, 2.05) is 0 Å². The van der Waals surface area contributed by atoms with Crippen LogP contribution in [0, 0.1) is 0 Å². The van der Waals surface area contributed by atoms with Crippen LogP contribution < -0.4 is 10.9 Å². The maximum Gasteiger partial charge on any atom is 0.238 e. The van der Waals surface area contributed by atoms with Crippen LogP contribution in [-0.2, 0) is 10.0 Å². The van der Waals surface area contributed by atoms with Crippen LogP contribution in [0.3, 0.4) is 0 Å². The number of nitrogen functional groups attached to an aromatic ring is 1. The van der Waals surface area contributed by atoms with Gasteiger partial charge < -0.3 is 5.73 Å². The molecule has 0 aliphatic carbocycles. The summed E-state index contributed by atoms with van der Waals surface area (Å²) in [4.78, 5) is 3.95. The van der Waals surface area contributed by atoms with Crippen molar-refractivity contribution in [3.8, 4) is 11.3 Å². The molecule has 0 radical (unpaired) electrons. The molecule has 3 aromatic rings. The molecular formula is C14H13N7O2S.